The van der Waals surface area contributed by atoms with E-state index in [1.54, 1.807) is 0 Å². The molecule has 0 bridgehead atoms. The van der Waals surface area contributed by atoms with E-state index in [9.17, 15) is 0 Å². The van der Waals surface area contributed by atoms with Crippen molar-refractivity contribution in [1.82, 2.24) is 4.72 Å². The molecule has 0 radical (unpaired) electrons. The summed E-state index contributed by atoms with van der Waals surface area (Å²) in [7, 11) is 0. The highest BCUT2D eigenvalue weighted by Crippen LogP contribution is 2.03. The minimum atomic E-state index is 0.224. The van der Waals surface area contributed by atoms with Crippen LogP contribution in [0.25, 0.3) is 0 Å². The molecule has 0 heterocycles. The lowest BCUT2D eigenvalue weighted by Crippen LogP contribution is -2.26. The molecule has 2 nitrogen and oxygen atoms in total. The van der Waals surface area contributed by atoms with Crippen LogP contribution in [0.2, 0.25) is 0 Å². The van der Waals surface area contributed by atoms with E-state index >= 15 is 0 Å². The molecule has 1 aromatic carbocycles. The van der Waals surface area contributed by atoms with Gasteiger partial charge in [-0.1, -0.05) is 43.1 Å². The van der Waals surface area contributed by atoms with Gasteiger partial charge in [0.2, 0.25) is 0 Å². The molecule has 0 aromatic heterocycles. The maximum Gasteiger partial charge on any atom is 0.00917 e. The van der Waals surface area contributed by atoms with Crippen molar-refractivity contribution in [3.8, 4) is 0 Å². The van der Waals surface area contributed by atoms with E-state index in [4.69, 9.17) is 5.73 Å². The third-order valence-corrected chi connectivity index (χ3v) is 2.19. The van der Waals surface area contributed by atoms with Crippen molar-refractivity contribution in [3.05, 3.63) is 35.9 Å². The Labute approximate surface area is 85.1 Å². The molecule has 0 aliphatic rings. The Hall–Kier alpha value is -0.510. The zero-order valence-corrected chi connectivity index (χ0v) is 8.50. The summed E-state index contributed by atoms with van der Waals surface area (Å²) in [5, 5.41) is 0. The van der Waals surface area contributed by atoms with Gasteiger partial charge >= 0.3 is 0 Å². The predicted octanol–water partition coefficient (Wildman–Crippen LogP) is 1.38. The minimum Gasteiger partial charge on any atom is -0.327 e. The molecule has 3 N–H and O–H groups in total. The van der Waals surface area contributed by atoms with Gasteiger partial charge < -0.3 is 5.73 Å². The van der Waals surface area contributed by atoms with Crippen molar-refractivity contribution in [2.75, 3.05) is 6.54 Å². The van der Waals surface area contributed by atoms with E-state index < -0.39 is 0 Å². The summed E-state index contributed by atoms with van der Waals surface area (Å²) < 4.78 is 2.80. The molecule has 1 aromatic rings. The summed E-state index contributed by atoms with van der Waals surface area (Å²) in [6.07, 6.45) is 1.90. The Bertz CT molecular complexity index is 226. The number of nitrogens with two attached hydrogens (primary N) is 1. The molecule has 0 saturated carbocycles. The van der Waals surface area contributed by atoms with Crippen molar-refractivity contribution in [3.63, 3.8) is 0 Å². The third kappa shape index (κ3) is 4.31. The van der Waals surface area contributed by atoms with Crippen molar-refractivity contribution >= 4 is 12.8 Å². The fourth-order valence-electron chi connectivity index (χ4n) is 1.27. The van der Waals surface area contributed by atoms with Gasteiger partial charge in [0.1, 0.15) is 0 Å². The van der Waals surface area contributed by atoms with Gasteiger partial charge in [-0.2, -0.15) is 0 Å². The number of hydrogen-bond donors (Lipinski definition) is 3. The Morgan fingerprint density at radius 3 is 2.62 bits per heavy atom. The quantitative estimate of drug-likeness (QED) is 0.622. The molecule has 1 rings (SSSR count). The predicted molar refractivity (Wildman–Crippen MR) is 59.7 cm³/mol. The Kier molecular flexibility index (Phi) is 4.90. The smallest absolute Gasteiger partial charge is 0.00917 e. The molecule has 0 fully saturated rings. The molecule has 1 unspecified atom stereocenters. The first-order valence-electron chi connectivity index (χ1n) is 4.49. The summed E-state index contributed by atoms with van der Waals surface area (Å²) in [6.45, 7) is 0.858. The van der Waals surface area contributed by atoms with Crippen LogP contribution in [-0.4, -0.2) is 12.6 Å². The molecule has 0 aliphatic heterocycles. The molecule has 72 valence electrons. The zero-order chi connectivity index (χ0) is 9.52. The summed E-state index contributed by atoms with van der Waals surface area (Å²) in [6, 6.07) is 10.5. The van der Waals surface area contributed by atoms with Crippen LogP contribution in [0.1, 0.15) is 12.0 Å². The summed E-state index contributed by atoms with van der Waals surface area (Å²) in [5.41, 5.74) is 7.22. The normalized spacial score (nSPS) is 12.8. The van der Waals surface area contributed by atoms with E-state index in [1.807, 2.05) is 18.2 Å². The van der Waals surface area contributed by atoms with Crippen LogP contribution in [0.15, 0.2) is 30.3 Å². The van der Waals surface area contributed by atoms with Gasteiger partial charge in [0.05, 0.1) is 0 Å². The molecule has 0 aliphatic carbocycles. The number of nitrogens with one attached hydrogen (secondary N) is 1. The number of benzene rings is 1. The van der Waals surface area contributed by atoms with E-state index in [2.05, 4.69) is 29.7 Å². The molecular formula is C10H16N2S. The van der Waals surface area contributed by atoms with Crippen molar-refractivity contribution in [2.45, 2.75) is 18.9 Å². The van der Waals surface area contributed by atoms with Gasteiger partial charge in [0.25, 0.3) is 0 Å². The van der Waals surface area contributed by atoms with Crippen LogP contribution in [0, 0.1) is 0 Å². The van der Waals surface area contributed by atoms with Gasteiger partial charge in [-0.3, -0.25) is 4.72 Å². The van der Waals surface area contributed by atoms with Gasteiger partial charge in [-0.25, -0.2) is 0 Å². The topological polar surface area (TPSA) is 38.0 Å². The summed E-state index contributed by atoms with van der Waals surface area (Å²) in [4.78, 5) is 0. The summed E-state index contributed by atoms with van der Waals surface area (Å²) >= 11 is 3.92. The molecule has 3 heteroatoms. The van der Waals surface area contributed by atoms with Crippen molar-refractivity contribution in [1.29, 1.82) is 0 Å². The molecule has 0 spiro atoms. The lowest BCUT2D eigenvalue weighted by Gasteiger charge is -2.10. The van der Waals surface area contributed by atoms with Gasteiger partial charge in [-0.05, 0) is 18.4 Å². The van der Waals surface area contributed by atoms with Gasteiger partial charge in [0, 0.05) is 12.6 Å². The first kappa shape index (κ1) is 10.6. The second-order valence-corrected chi connectivity index (χ2v) is 3.46. The van der Waals surface area contributed by atoms with Gasteiger partial charge in [-0.15, -0.1) is 0 Å². The van der Waals surface area contributed by atoms with Crippen LogP contribution < -0.4 is 10.5 Å². The number of rotatable bonds is 5. The van der Waals surface area contributed by atoms with Crippen LogP contribution in [0.5, 0.6) is 0 Å². The second kappa shape index (κ2) is 6.02. The monoisotopic (exact) mass is 196 g/mol. The first-order chi connectivity index (χ1) is 6.33. The Morgan fingerprint density at radius 2 is 2.00 bits per heavy atom. The second-order valence-electron chi connectivity index (χ2n) is 3.15. The Morgan fingerprint density at radius 1 is 1.31 bits per heavy atom. The molecular weight excluding hydrogens is 180 g/mol. The maximum atomic E-state index is 5.92. The molecule has 0 amide bonds. The van der Waals surface area contributed by atoms with E-state index in [1.165, 1.54) is 5.56 Å². The lowest BCUT2D eigenvalue weighted by molar-refractivity contribution is 0.609. The minimum absolute atomic E-state index is 0.224. The van der Waals surface area contributed by atoms with Crippen LogP contribution >= 0.6 is 12.8 Å². The average molecular weight is 196 g/mol. The van der Waals surface area contributed by atoms with Crippen LogP contribution in [0.4, 0.5) is 0 Å². The maximum absolute atomic E-state index is 5.92. The van der Waals surface area contributed by atoms with Crippen molar-refractivity contribution in [2.24, 2.45) is 5.73 Å². The van der Waals surface area contributed by atoms with E-state index in [0.29, 0.717) is 0 Å². The number of thiol groups is 1. The lowest BCUT2D eigenvalue weighted by atomic mass is 10.0. The highest BCUT2D eigenvalue weighted by molar-refractivity contribution is 7.78. The average Bonchev–Trinajstić information content (AvgIpc) is 2.16. The molecule has 0 saturated heterocycles. The van der Waals surface area contributed by atoms with Crippen LogP contribution in [0.3, 0.4) is 0 Å². The standard InChI is InChI=1S/C10H16N2S/c11-10(6-7-12-13)8-9-4-2-1-3-5-9/h1-5,10,12-13H,6-8,11H2. The van der Waals surface area contributed by atoms with E-state index in [0.717, 1.165) is 19.4 Å². The fraction of sp³-hybridized carbons (Fsp3) is 0.400. The Balaban J connectivity index is 2.32. The van der Waals surface area contributed by atoms with E-state index in [-0.39, 0.29) is 6.04 Å². The number of hydrogen-bond acceptors (Lipinski definition) is 3. The SMILES string of the molecule is NC(CCNS)Cc1ccccc1. The van der Waals surface area contributed by atoms with Crippen LogP contribution in [-0.2, 0) is 6.42 Å². The first-order valence-corrected chi connectivity index (χ1v) is 4.94. The highest BCUT2D eigenvalue weighted by atomic mass is 32.1. The molecule has 1 atom stereocenters. The van der Waals surface area contributed by atoms with Gasteiger partial charge in [0.15, 0.2) is 0 Å². The largest absolute Gasteiger partial charge is 0.327 e. The third-order valence-electron chi connectivity index (χ3n) is 1.97. The highest BCUT2D eigenvalue weighted by Gasteiger charge is 2.02. The zero-order valence-electron chi connectivity index (χ0n) is 7.61. The molecule has 13 heavy (non-hydrogen) atoms. The fourth-order valence-corrected chi connectivity index (χ4v) is 1.40. The summed E-state index contributed by atoms with van der Waals surface area (Å²) in [5.74, 6) is 0. The van der Waals surface area contributed by atoms with Crippen molar-refractivity contribution < 1.29 is 0 Å².